The largest absolute Gasteiger partial charge is 0.416 e. The second kappa shape index (κ2) is 24.5. The van der Waals surface area contributed by atoms with Gasteiger partial charge in [-0.3, -0.25) is 0 Å². The van der Waals surface area contributed by atoms with Crippen LogP contribution in [0.4, 0.5) is 0 Å². The maximum Gasteiger partial charge on any atom is 0.343 e. The normalized spacial score (nSPS) is 21.9. The highest BCUT2D eigenvalue weighted by Gasteiger charge is 2.59. The molecule has 6 aromatic rings. The maximum atomic E-state index is 8.00. The van der Waals surface area contributed by atoms with Gasteiger partial charge < -0.3 is 29.7 Å². The molecule has 7 nitrogen and oxygen atoms in total. The van der Waals surface area contributed by atoms with E-state index in [0.29, 0.717) is 44.0 Å². The van der Waals surface area contributed by atoms with E-state index in [2.05, 4.69) is 234 Å². The maximum absolute atomic E-state index is 8.00. The molecular formula is C57H72O7Si7. The molecule has 2 atom stereocenters. The predicted molar refractivity (Wildman–Crippen MR) is 312 cm³/mol. The van der Waals surface area contributed by atoms with Crippen LogP contribution in [0.1, 0.15) is 0 Å². The summed E-state index contributed by atoms with van der Waals surface area (Å²) < 4.78 is 52.9. The van der Waals surface area contributed by atoms with Crippen LogP contribution in [-0.4, -0.2) is 79.0 Å². The quantitative estimate of drug-likeness (QED) is 0.0418. The van der Waals surface area contributed by atoms with E-state index in [4.69, 9.17) is 29.7 Å². The molecule has 1 fully saturated rings. The van der Waals surface area contributed by atoms with E-state index >= 15 is 0 Å². The lowest BCUT2D eigenvalue weighted by Crippen LogP contribution is -2.69. The van der Waals surface area contributed by atoms with Crippen molar-refractivity contribution in [3.05, 3.63) is 232 Å². The molecule has 0 N–H and O–H groups in total. The van der Waals surface area contributed by atoms with E-state index in [-0.39, 0.29) is 0 Å². The van der Waals surface area contributed by atoms with Crippen molar-refractivity contribution < 1.29 is 29.7 Å². The minimum Gasteiger partial charge on any atom is -0.416 e. The Kier molecular flexibility index (Phi) is 18.7. The Morgan fingerprint density at radius 1 is 0.352 bits per heavy atom. The summed E-state index contributed by atoms with van der Waals surface area (Å²) in [6.45, 7) is 26.8. The fourth-order valence-electron chi connectivity index (χ4n) is 10.4. The lowest BCUT2D eigenvalue weighted by molar-refractivity contribution is 0.230. The van der Waals surface area contributed by atoms with Crippen molar-refractivity contribution in [2.45, 2.75) is 62.5 Å². The van der Waals surface area contributed by atoms with Crippen molar-refractivity contribution in [2.75, 3.05) is 19.8 Å². The first-order chi connectivity index (χ1) is 34.3. The monoisotopic (exact) mass is 1060 g/mol. The van der Waals surface area contributed by atoms with Gasteiger partial charge in [-0.2, -0.15) is 0 Å². The van der Waals surface area contributed by atoms with Gasteiger partial charge in [0.2, 0.25) is 0 Å². The van der Waals surface area contributed by atoms with Crippen LogP contribution in [0.5, 0.6) is 0 Å². The SMILES string of the molecule is C=CCO[Si](CC[Si]1(C)O[Si](C)(C=C)O[Si](C)(CC[Si](OCC=C)(c2ccccc2)c2ccccc2)O[Si](C)(CC[Si](OCC=C)(c2ccccc2)c2ccccc2)O1)(c1ccccc1)c1ccccc1. The van der Waals surface area contributed by atoms with E-state index in [1.807, 2.05) is 23.9 Å². The molecule has 0 aromatic heterocycles. The average Bonchev–Trinajstić information content (AvgIpc) is 3.40. The molecule has 71 heavy (non-hydrogen) atoms. The van der Waals surface area contributed by atoms with Gasteiger partial charge in [0.1, 0.15) is 0 Å². The van der Waals surface area contributed by atoms with Gasteiger partial charge in [0.15, 0.2) is 0 Å². The van der Waals surface area contributed by atoms with E-state index in [9.17, 15) is 0 Å². The molecule has 7 rings (SSSR count). The third-order valence-electron chi connectivity index (χ3n) is 13.6. The third kappa shape index (κ3) is 13.0. The van der Waals surface area contributed by atoms with Crippen molar-refractivity contribution in [1.29, 1.82) is 0 Å². The molecule has 1 saturated heterocycles. The van der Waals surface area contributed by atoms with Crippen LogP contribution in [0.15, 0.2) is 232 Å². The van der Waals surface area contributed by atoms with Crippen LogP contribution in [0.25, 0.3) is 0 Å². The first-order valence-corrected chi connectivity index (χ1v) is 41.2. The first-order valence-electron chi connectivity index (χ1n) is 24.8. The summed E-state index contributed by atoms with van der Waals surface area (Å²) in [6, 6.07) is 68.4. The second-order valence-corrected chi connectivity index (χ2v) is 43.8. The van der Waals surface area contributed by atoms with Crippen LogP contribution >= 0.6 is 0 Å². The summed E-state index contributed by atoms with van der Waals surface area (Å²) in [4.78, 5) is 0. The molecular weight excluding hydrogens is 993 g/mol. The van der Waals surface area contributed by atoms with Gasteiger partial charge in [0, 0.05) is 0 Å². The number of hydrogen-bond donors (Lipinski definition) is 0. The Labute approximate surface area is 431 Å². The summed E-state index contributed by atoms with van der Waals surface area (Å²) in [5.41, 5.74) is 1.94. The topological polar surface area (TPSA) is 64.6 Å². The minimum atomic E-state index is -3.33. The summed E-state index contributed by atoms with van der Waals surface area (Å²) in [5, 5.41) is 7.15. The highest BCUT2D eigenvalue weighted by molar-refractivity contribution is 7.02. The van der Waals surface area contributed by atoms with E-state index < -0.39 is 59.2 Å². The van der Waals surface area contributed by atoms with Gasteiger partial charge >= 0.3 is 34.2 Å². The average molecular weight is 1070 g/mol. The Bertz CT molecular complexity index is 2380. The number of benzene rings is 6. The molecule has 0 aliphatic carbocycles. The summed E-state index contributed by atoms with van der Waals surface area (Å²) >= 11 is 0. The van der Waals surface area contributed by atoms with E-state index in [1.54, 1.807) is 0 Å². The minimum absolute atomic E-state index is 0.414. The molecule has 370 valence electrons. The first kappa shape index (κ1) is 54.3. The summed E-state index contributed by atoms with van der Waals surface area (Å²) in [6.07, 6.45) is 5.57. The zero-order valence-corrected chi connectivity index (χ0v) is 49.2. The van der Waals surface area contributed by atoms with Crippen LogP contribution in [-0.2, 0) is 29.7 Å². The molecule has 0 spiro atoms. The van der Waals surface area contributed by atoms with Crippen LogP contribution in [0, 0.1) is 0 Å². The fourth-order valence-corrected chi connectivity index (χ4v) is 49.3. The van der Waals surface area contributed by atoms with Crippen molar-refractivity contribution in [1.82, 2.24) is 0 Å². The molecule has 2 unspecified atom stereocenters. The Balaban J connectivity index is 1.35. The van der Waals surface area contributed by atoms with Crippen LogP contribution < -0.4 is 31.1 Å². The molecule has 0 bridgehead atoms. The highest BCUT2D eigenvalue weighted by atomic mass is 28.5. The van der Waals surface area contributed by atoms with Crippen molar-refractivity contribution >= 4 is 90.3 Å². The molecule has 1 aliphatic rings. The molecule has 1 heterocycles. The molecule has 0 amide bonds. The lowest BCUT2D eigenvalue weighted by atomic mass is 10.4. The van der Waals surface area contributed by atoms with E-state index in [1.165, 1.54) is 31.1 Å². The molecule has 6 aromatic carbocycles. The van der Waals surface area contributed by atoms with Gasteiger partial charge in [-0.1, -0.05) is 206 Å². The highest BCUT2D eigenvalue weighted by Crippen LogP contribution is 2.40. The van der Waals surface area contributed by atoms with Crippen LogP contribution in [0.3, 0.4) is 0 Å². The van der Waals surface area contributed by atoms with Gasteiger partial charge in [0.05, 0.1) is 19.8 Å². The summed E-state index contributed by atoms with van der Waals surface area (Å²) in [5.74, 6) is 0. The van der Waals surface area contributed by atoms with Gasteiger partial charge in [-0.25, -0.2) is 0 Å². The molecule has 1 aliphatic heterocycles. The van der Waals surface area contributed by atoms with Crippen molar-refractivity contribution in [3.63, 3.8) is 0 Å². The Morgan fingerprint density at radius 3 is 0.761 bits per heavy atom. The lowest BCUT2D eigenvalue weighted by Gasteiger charge is -2.51. The zero-order valence-electron chi connectivity index (χ0n) is 42.2. The van der Waals surface area contributed by atoms with Crippen molar-refractivity contribution in [3.8, 4) is 0 Å². The second-order valence-electron chi connectivity index (χ2n) is 19.0. The Hall–Kier alpha value is -4.48. The summed E-state index contributed by atoms with van der Waals surface area (Å²) in [7, 11) is -21.9. The van der Waals surface area contributed by atoms with Crippen molar-refractivity contribution in [2.24, 2.45) is 0 Å². The number of rotatable bonds is 25. The standard InChI is InChI=1S/C57H72O7Si7/c1-9-43-58-69(52-31-19-13-20-32-52,53-33-21-14-22-34-53)49-46-66(6)61-65(5,12-4)62-67(7,47-50-70(59-44-10-2,54-35-23-15-24-36-54)55-37-25-16-26-38-55)64-68(8,63-66)48-51-71(60-45-11-3,56-39-27-17-28-40-56)57-41-29-18-30-42-57/h9-42H,1-4,43-51H2,5-8H3. The third-order valence-corrected chi connectivity index (χ3v) is 45.4. The van der Waals surface area contributed by atoms with Gasteiger partial charge in [-0.05, 0) is 93.6 Å². The Morgan fingerprint density at radius 2 is 0.563 bits per heavy atom. The zero-order chi connectivity index (χ0) is 50.3. The van der Waals surface area contributed by atoms with E-state index in [0.717, 1.165) is 12.1 Å². The van der Waals surface area contributed by atoms with Crippen LogP contribution in [0.2, 0.25) is 62.5 Å². The van der Waals surface area contributed by atoms with Gasteiger partial charge in [-0.15, -0.1) is 26.3 Å². The smallest absolute Gasteiger partial charge is 0.343 e. The van der Waals surface area contributed by atoms with Gasteiger partial charge in [0.25, 0.3) is 25.0 Å². The molecule has 0 saturated carbocycles. The predicted octanol–water partition coefficient (Wildman–Crippen LogP) is 9.97. The fraction of sp³-hybridized carbons (Fsp3) is 0.228. The molecule has 14 heteroatoms. The number of hydrogen-bond acceptors (Lipinski definition) is 7. The molecule has 0 radical (unpaired) electrons.